The molecule has 180 valence electrons. The summed E-state index contributed by atoms with van der Waals surface area (Å²) in [6.07, 6.45) is 5.94. The quantitative estimate of drug-likeness (QED) is 0.564. The topological polar surface area (TPSA) is 106 Å². The zero-order chi connectivity index (χ0) is 24.6. The van der Waals surface area contributed by atoms with Crippen LogP contribution in [0, 0.1) is 0 Å². The molecule has 3 heterocycles. The zero-order valence-corrected chi connectivity index (χ0v) is 19.7. The number of anilines is 2. The van der Waals surface area contributed by atoms with Crippen LogP contribution >= 0.6 is 0 Å². The number of hydrogen-bond donors (Lipinski definition) is 1. The van der Waals surface area contributed by atoms with E-state index in [4.69, 9.17) is 4.74 Å². The van der Waals surface area contributed by atoms with Crippen LogP contribution in [0.15, 0.2) is 54.9 Å². The van der Waals surface area contributed by atoms with Crippen LogP contribution in [-0.4, -0.2) is 44.7 Å². The first-order valence-corrected chi connectivity index (χ1v) is 11.8. The summed E-state index contributed by atoms with van der Waals surface area (Å²) < 4.78 is 7.11. The third-order valence-electron chi connectivity index (χ3n) is 6.69. The van der Waals surface area contributed by atoms with Crippen molar-refractivity contribution in [3.05, 3.63) is 66.1 Å². The van der Waals surface area contributed by atoms with Crippen molar-refractivity contribution >= 4 is 29.2 Å². The fraction of sp³-hybridized carbons (Fsp3) is 0.346. The van der Waals surface area contributed by atoms with Gasteiger partial charge in [-0.25, -0.2) is 14.5 Å². The average molecular weight is 474 g/mol. The van der Waals surface area contributed by atoms with Crippen LogP contribution in [0.25, 0.3) is 5.82 Å². The molecule has 2 aliphatic rings. The molecule has 0 atom stereocenters. The number of carbonyl (C=O) groups is 3. The van der Waals surface area contributed by atoms with Crippen LogP contribution in [0.2, 0.25) is 0 Å². The molecular formula is C26H27N5O4. The second-order valence-electron chi connectivity index (χ2n) is 9.21. The van der Waals surface area contributed by atoms with Gasteiger partial charge in [-0.2, -0.15) is 5.10 Å². The van der Waals surface area contributed by atoms with Crippen LogP contribution in [0.1, 0.15) is 61.5 Å². The van der Waals surface area contributed by atoms with Crippen molar-refractivity contribution in [2.75, 3.05) is 16.8 Å². The maximum Gasteiger partial charge on any atom is 0.342 e. The minimum atomic E-state index is -0.954. The Morgan fingerprint density at radius 3 is 2.57 bits per heavy atom. The van der Waals surface area contributed by atoms with Crippen LogP contribution < -0.4 is 10.2 Å². The van der Waals surface area contributed by atoms with Crippen LogP contribution in [0.5, 0.6) is 0 Å². The van der Waals surface area contributed by atoms with Gasteiger partial charge in [-0.1, -0.05) is 44.9 Å². The number of esters is 1. The van der Waals surface area contributed by atoms with E-state index in [9.17, 15) is 14.4 Å². The molecule has 3 aromatic rings. The Bertz CT molecular complexity index is 1280. The average Bonchev–Trinajstić information content (AvgIpc) is 3.52. The number of amides is 2. The van der Waals surface area contributed by atoms with E-state index in [0.29, 0.717) is 35.7 Å². The number of fused-ring (bicyclic) bond motifs is 1. The molecule has 2 aromatic heterocycles. The van der Waals surface area contributed by atoms with E-state index in [1.807, 2.05) is 32.0 Å². The molecule has 0 unspecified atom stereocenters. The van der Waals surface area contributed by atoms with Gasteiger partial charge in [-0.15, -0.1) is 0 Å². The molecule has 0 radical (unpaired) electrons. The molecule has 1 fully saturated rings. The Morgan fingerprint density at radius 1 is 1.11 bits per heavy atom. The zero-order valence-electron chi connectivity index (χ0n) is 19.7. The minimum Gasteiger partial charge on any atom is -0.452 e. The van der Waals surface area contributed by atoms with Crippen LogP contribution in [-0.2, 0) is 14.3 Å². The van der Waals surface area contributed by atoms with E-state index in [1.165, 1.54) is 6.20 Å². The van der Waals surface area contributed by atoms with Gasteiger partial charge in [0.25, 0.3) is 11.8 Å². The van der Waals surface area contributed by atoms with Crippen molar-refractivity contribution in [2.45, 2.75) is 51.0 Å². The highest BCUT2D eigenvalue weighted by atomic mass is 16.5. The van der Waals surface area contributed by atoms with E-state index >= 15 is 0 Å². The molecule has 1 aliphatic carbocycles. The molecule has 5 rings (SSSR count). The normalized spacial score (nSPS) is 16.3. The van der Waals surface area contributed by atoms with Crippen molar-refractivity contribution in [1.82, 2.24) is 14.8 Å². The summed E-state index contributed by atoms with van der Waals surface area (Å²) in [6.45, 7) is 3.42. The molecule has 1 spiro atoms. The number of aromatic nitrogens is 3. The molecule has 0 bridgehead atoms. The van der Waals surface area contributed by atoms with Gasteiger partial charge in [-0.05, 0) is 43.0 Å². The highest BCUT2D eigenvalue weighted by Gasteiger charge is 2.52. The Labute approximate surface area is 203 Å². The minimum absolute atomic E-state index is 0.0443. The number of rotatable bonds is 5. The number of benzene rings is 1. The molecule has 1 aromatic carbocycles. The third-order valence-corrected chi connectivity index (χ3v) is 6.69. The molecule has 2 amide bonds. The van der Waals surface area contributed by atoms with Gasteiger partial charge in [0, 0.05) is 6.20 Å². The first-order chi connectivity index (χ1) is 16.9. The van der Waals surface area contributed by atoms with Gasteiger partial charge < -0.3 is 10.1 Å². The lowest BCUT2D eigenvalue weighted by molar-refractivity contribution is -0.129. The Morgan fingerprint density at radius 2 is 1.86 bits per heavy atom. The standard InChI is InChI=1S/C26H27N5O4/c1-17(2)23-18(15-28-31(23)21-11-5-8-14-27-21)24(33)35-16-22(32)30-20-10-4-3-9-19(20)29-25(34)26(30)12-6-7-13-26/h3-5,8-11,14-15,17H,6-7,12-13,16H2,1-2H3,(H,29,34). The SMILES string of the molecule is CC(C)c1c(C(=O)OCC(=O)N2c3ccccc3NC(=O)C23CCCC3)cnn1-c1ccccn1. The van der Waals surface area contributed by atoms with Crippen LogP contribution in [0.3, 0.4) is 0 Å². The van der Waals surface area contributed by atoms with E-state index < -0.39 is 24.0 Å². The maximum absolute atomic E-state index is 13.5. The van der Waals surface area contributed by atoms with Gasteiger partial charge in [0.1, 0.15) is 11.1 Å². The molecule has 9 heteroatoms. The van der Waals surface area contributed by atoms with Crippen molar-refractivity contribution in [3.8, 4) is 5.82 Å². The summed E-state index contributed by atoms with van der Waals surface area (Å²) in [6, 6.07) is 12.7. The van der Waals surface area contributed by atoms with Crippen LogP contribution in [0.4, 0.5) is 11.4 Å². The van der Waals surface area contributed by atoms with Gasteiger partial charge in [0.05, 0.1) is 23.3 Å². The van der Waals surface area contributed by atoms with E-state index in [2.05, 4.69) is 15.4 Å². The number of pyridine rings is 1. The predicted molar refractivity (Wildman–Crippen MR) is 129 cm³/mol. The fourth-order valence-corrected chi connectivity index (χ4v) is 5.13. The summed E-state index contributed by atoms with van der Waals surface area (Å²) in [4.78, 5) is 45.5. The number of para-hydroxylation sites is 2. The largest absolute Gasteiger partial charge is 0.452 e. The van der Waals surface area contributed by atoms with E-state index in [1.54, 1.807) is 40.0 Å². The number of carbonyl (C=O) groups excluding carboxylic acids is 3. The summed E-state index contributed by atoms with van der Waals surface area (Å²) >= 11 is 0. The predicted octanol–water partition coefficient (Wildman–Crippen LogP) is 3.85. The van der Waals surface area contributed by atoms with Gasteiger partial charge in [0.15, 0.2) is 12.4 Å². The molecule has 0 saturated heterocycles. The lowest BCUT2D eigenvalue weighted by Crippen LogP contribution is -2.61. The molecule has 1 saturated carbocycles. The molecule has 1 aliphatic heterocycles. The summed E-state index contributed by atoms with van der Waals surface area (Å²) in [5.41, 5.74) is 1.18. The fourth-order valence-electron chi connectivity index (χ4n) is 5.13. The Hall–Kier alpha value is -4.01. The maximum atomic E-state index is 13.5. The van der Waals surface area contributed by atoms with Crippen molar-refractivity contribution in [2.24, 2.45) is 0 Å². The van der Waals surface area contributed by atoms with Gasteiger partial charge >= 0.3 is 5.97 Å². The number of nitrogens with zero attached hydrogens (tertiary/aromatic N) is 4. The highest BCUT2D eigenvalue weighted by Crippen LogP contribution is 2.45. The second-order valence-corrected chi connectivity index (χ2v) is 9.21. The summed E-state index contributed by atoms with van der Waals surface area (Å²) in [5, 5.41) is 7.30. The number of nitrogens with one attached hydrogen (secondary N) is 1. The summed E-state index contributed by atoms with van der Waals surface area (Å²) in [7, 11) is 0. The molecular weight excluding hydrogens is 446 g/mol. The highest BCUT2D eigenvalue weighted by molar-refractivity contribution is 6.15. The first kappa shape index (κ1) is 22.8. The van der Waals surface area contributed by atoms with E-state index in [-0.39, 0.29) is 17.4 Å². The first-order valence-electron chi connectivity index (χ1n) is 11.8. The Kier molecular flexibility index (Phi) is 5.84. The monoisotopic (exact) mass is 473 g/mol. The third kappa shape index (κ3) is 3.86. The van der Waals surface area contributed by atoms with Gasteiger partial charge in [0.2, 0.25) is 0 Å². The number of hydrogen-bond acceptors (Lipinski definition) is 6. The molecule has 1 N–H and O–H groups in total. The van der Waals surface area contributed by atoms with E-state index in [0.717, 1.165) is 12.8 Å². The van der Waals surface area contributed by atoms with Crippen molar-refractivity contribution in [3.63, 3.8) is 0 Å². The summed E-state index contributed by atoms with van der Waals surface area (Å²) in [5.74, 6) is -0.708. The lowest BCUT2D eigenvalue weighted by Gasteiger charge is -2.44. The second kappa shape index (κ2) is 8.98. The molecule has 9 nitrogen and oxygen atoms in total. The number of ether oxygens (including phenoxy) is 1. The Balaban J connectivity index is 1.40. The van der Waals surface area contributed by atoms with Crippen molar-refractivity contribution < 1.29 is 19.1 Å². The van der Waals surface area contributed by atoms with Gasteiger partial charge in [-0.3, -0.25) is 14.5 Å². The molecule has 35 heavy (non-hydrogen) atoms. The lowest BCUT2D eigenvalue weighted by atomic mass is 9.90. The smallest absolute Gasteiger partial charge is 0.342 e. The van der Waals surface area contributed by atoms with Crippen molar-refractivity contribution in [1.29, 1.82) is 0 Å².